The molecule has 4 nitrogen and oxygen atoms in total. The van der Waals surface area contributed by atoms with Crippen LogP contribution in [0.3, 0.4) is 0 Å². The van der Waals surface area contributed by atoms with E-state index < -0.39 is 15.7 Å². The molecule has 0 atom stereocenters. The molecule has 80 valence electrons. The fourth-order valence-electron chi connectivity index (χ4n) is 1.07. The minimum Gasteiger partial charge on any atom is -0.494 e. The molecule has 0 aliphatic rings. The Kier molecular flexibility index (Phi) is 3.69. The zero-order chi connectivity index (χ0) is 11.3. The predicted octanol–water partition coefficient (Wildman–Crippen LogP) is 1.74. The van der Waals surface area contributed by atoms with Gasteiger partial charge >= 0.3 is 5.88 Å². The molecule has 0 spiro atoms. The number of benzene rings is 1. The summed E-state index contributed by atoms with van der Waals surface area (Å²) in [4.78, 5) is 3.03. The van der Waals surface area contributed by atoms with Gasteiger partial charge in [0, 0.05) is 0 Å². The van der Waals surface area contributed by atoms with Crippen molar-refractivity contribution in [3.05, 3.63) is 35.7 Å². The van der Waals surface area contributed by atoms with Crippen LogP contribution in [-0.4, -0.2) is 20.9 Å². The van der Waals surface area contributed by atoms with Crippen molar-refractivity contribution in [3.8, 4) is 5.75 Å². The second kappa shape index (κ2) is 4.80. The third-order valence-electron chi connectivity index (χ3n) is 1.73. The molecule has 0 heterocycles. The van der Waals surface area contributed by atoms with E-state index in [9.17, 15) is 8.42 Å². The standard InChI is InChI=1S/C10H11NO3S/c1-3-14-9-4-6-10(7-5-9)15(12,13)8-11-2/h4-7H,3,8H2,1H3. The molecule has 1 aromatic carbocycles. The Bertz CT molecular complexity index is 456. The Hall–Kier alpha value is -1.54. The first-order chi connectivity index (χ1) is 7.10. The lowest BCUT2D eigenvalue weighted by Gasteiger charge is -2.03. The summed E-state index contributed by atoms with van der Waals surface area (Å²) in [6.45, 7) is 8.92. The van der Waals surface area contributed by atoms with E-state index in [1.165, 1.54) is 12.1 Å². The zero-order valence-electron chi connectivity index (χ0n) is 8.30. The lowest BCUT2D eigenvalue weighted by molar-refractivity contribution is 0.340. The molecule has 1 rings (SSSR count). The summed E-state index contributed by atoms with van der Waals surface area (Å²) in [6, 6.07) is 6.07. The molecule has 0 saturated heterocycles. The number of nitrogens with zero attached hydrogens (tertiary/aromatic N) is 1. The molecule has 0 amide bonds. The van der Waals surface area contributed by atoms with Gasteiger partial charge in [-0.2, -0.15) is 0 Å². The molecule has 5 heteroatoms. The van der Waals surface area contributed by atoms with Crippen LogP contribution in [0.4, 0.5) is 0 Å². The van der Waals surface area contributed by atoms with Gasteiger partial charge in [0.1, 0.15) is 5.75 Å². The SMILES string of the molecule is [C-]#[N+]CS(=O)(=O)c1ccc(OCC)cc1. The van der Waals surface area contributed by atoms with Crippen molar-refractivity contribution in [2.45, 2.75) is 11.8 Å². The average molecular weight is 225 g/mol. The van der Waals surface area contributed by atoms with Crippen molar-refractivity contribution in [1.82, 2.24) is 0 Å². The average Bonchev–Trinajstić information content (AvgIpc) is 2.19. The molecule has 0 aromatic heterocycles. The molecule has 15 heavy (non-hydrogen) atoms. The summed E-state index contributed by atoms with van der Waals surface area (Å²) in [6.07, 6.45) is 0. The highest BCUT2D eigenvalue weighted by Crippen LogP contribution is 2.17. The Labute approximate surface area is 89.2 Å². The number of rotatable bonds is 4. The highest BCUT2D eigenvalue weighted by molar-refractivity contribution is 7.91. The van der Waals surface area contributed by atoms with Crippen LogP contribution in [0.15, 0.2) is 29.2 Å². The minimum absolute atomic E-state index is 0.155. The summed E-state index contributed by atoms with van der Waals surface area (Å²) >= 11 is 0. The number of hydrogen-bond donors (Lipinski definition) is 0. The molecule has 0 radical (unpaired) electrons. The number of ether oxygens (including phenoxy) is 1. The van der Waals surface area contributed by atoms with Gasteiger partial charge in [-0.15, -0.1) is 0 Å². The molecular weight excluding hydrogens is 214 g/mol. The topological polar surface area (TPSA) is 47.7 Å². The second-order valence-electron chi connectivity index (χ2n) is 2.81. The van der Waals surface area contributed by atoms with Crippen LogP contribution in [0.25, 0.3) is 4.85 Å². The van der Waals surface area contributed by atoms with Gasteiger partial charge < -0.3 is 4.74 Å². The van der Waals surface area contributed by atoms with Crippen LogP contribution in [0.5, 0.6) is 5.75 Å². The molecule has 0 saturated carbocycles. The molecular formula is C10H11NO3S. The van der Waals surface area contributed by atoms with Crippen LogP contribution in [0.2, 0.25) is 0 Å². The monoisotopic (exact) mass is 225 g/mol. The molecule has 0 N–H and O–H groups in total. The normalized spacial score (nSPS) is 10.7. The Morgan fingerprint density at radius 3 is 2.40 bits per heavy atom. The van der Waals surface area contributed by atoms with Crippen LogP contribution < -0.4 is 4.74 Å². The quantitative estimate of drug-likeness (QED) is 0.733. The van der Waals surface area contributed by atoms with E-state index in [2.05, 4.69) is 4.85 Å². The van der Waals surface area contributed by atoms with Crippen LogP contribution in [0.1, 0.15) is 6.92 Å². The largest absolute Gasteiger partial charge is 0.494 e. The molecule has 0 aliphatic heterocycles. The fraction of sp³-hybridized carbons (Fsp3) is 0.300. The zero-order valence-corrected chi connectivity index (χ0v) is 9.12. The van der Waals surface area contributed by atoms with Gasteiger partial charge in [0.2, 0.25) is 0 Å². The van der Waals surface area contributed by atoms with Gasteiger partial charge in [-0.3, -0.25) is 4.85 Å². The highest BCUT2D eigenvalue weighted by atomic mass is 32.2. The van der Waals surface area contributed by atoms with Crippen molar-refractivity contribution in [2.75, 3.05) is 12.5 Å². The Morgan fingerprint density at radius 1 is 1.33 bits per heavy atom. The van der Waals surface area contributed by atoms with Gasteiger partial charge in [-0.05, 0) is 31.2 Å². The maximum atomic E-state index is 11.4. The van der Waals surface area contributed by atoms with E-state index in [0.717, 1.165) is 0 Å². The maximum Gasteiger partial charge on any atom is 0.316 e. The van der Waals surface area contributed by atoms with Gasteiger partial charge in [-0.25, -0.2) is 15.0 Å². The third kappa shape index (κ3) is 2.96. The Balaban J connectivity index is 2.95. The second-order valence-corrected chi connectivity index (χ2v) is 4.77. The van der Waals surface area contributed by atoms with E-state index in [-0.39, 0.29) is 4.90 Å². The molecule has 0 aliphatic carbocycles. The van der Waals surface area contributed by atoms with Crippen LogP contribution in [-0.2, 0) is 9.84 Å². The lowest BCUT2D eigenvalue weighted by Crippen LogP contribution is -2.03. The summed E-state index contributed by atoms with van der Waals surface area (Å²) in [5, 5.41) is 0. The van der Waals surface area contributed by atoms with Gasteiger partial charge in [0.15, 0.2) is 0 Å². The fourth-order valence-corrected chi connectivity index (χ4v) is 1.94. The lowest BCUT2D eigenvalue weighted by atomic mass is 10.3. The van der Waals surface area contributed by atoms with Crippen LogP contribution in [0, 0.1) is 6.57 Å². The summed E-state index contributed by atoms with van der Waals surface area (Å²) in [5.41, 5.74) is 0. The molecule has 0 unspecified atom stereocenters. The van der Waals surface area contributed by atoms with Gasteiger partial charge in [0.25, 0.3) is 9.84 Å². The molecule has 0 bridgehead atoms. The van der Waals surface area contributed by atoms with Crippen molar-refractivity contribution in [3.63, 3.8) is 0 Å². The molecule has 1 aromatic rings. The van der Waals surface area contributed by atoms with Crippen LogP contribution >= 0.6 is 0 Å². The minimum atomic E-state index is -3.45. The van der Waals surface area contributed by atoms with Gasteiger partial charge in [-0.1, -0.05) is 0 Å². The first-order valence-electron chi connectivity index (χ1n) is 4.39. The smallest absolute Gasteiger partial charge is 0.316 e. The van der Waals surface area contributed by atoms with E-state index >= 15 is 0 Å². The van der Waals surface area contributed by atoms with E-state index in [1.807, 2.05) is 6.92 Å². The summed E-state index contributed by atoms with van der Waals surface area (Å²) < 4.78 is 28.1. The third-order valence-corrected chi connectivity index (χ3v) is 3.19. The summed E-state index contributed by atoms with van der Waals surface area (Å²) in [5.74, 6) is 0.111. The van der Waals surface area contributed by atoms with Crippen molar-refractivity contribution in [2.24, 2.45) is 0 Å². The predicted molar refractivity (Wildman–Crippen MR) is 56.3 cm³/mol. The first-order valence-corrected chi connectivity index (χ1v) is 6.04. The highest BCUT2D eigenvalue weighted by Gasteiger charge is 2.16. The maximum absolute atomic E-state index is 11.4. The van der Waals surface area contributed by atoms with Crippen molar-refractivity contribution < 1.29 is 13.2 Å². The van der Waals surface area contributed by atoms with E-state index in [4.69, 9.17) is 11.3 Å². The van der Waals surface area contributed by atoms with E-state index in [0.29, 0.717) is 12.4 Å². The molecule has 0 fully saturated rings. The van der Waals surface area contributed by atoms with Gasteiger partial charge in [0.05, 0.1) is 11.5 Å². The number of hydrogen-bond acceptors (Lipinski definition) is 3. The first kappa shape index (κ1) is 11.5. The Morgan fingerprint density at radius 2 is 1.93 bits per heavy atom. The van der Waals surface area contributed by atoms with Crippen molar-refractivity contribution >= 4 is 9.84 Å². The van der Waals surface area contributed by atoms with Crippen molar-refractivity contribution in [1.29, 1.82) is 0 Å². The number of sulfone groups is 1. The summed E-state index contributed by atoms with van der Waals surface area (Å²) in [7, 11) is -3.45. The van der Waals surface area contributed by atoms with E-state index in [1.54, 1.807) is 12.1 Å².